The number of hydrogen-bond acceptors (Lipinski definition) is 9. The molecule has 0 spiro atoms. The third kappa shape index (κ3) is 13.3. The Balaban J connectivity index is 3.16. The quantitative estimate of drug-likeness (QED) is 0.0868. The van der Waals surface area contributed by atoms with Crippen molar-refractivity contribution >= 4 is 47.3 Å². The van der Waals surface area contributed by atoms with E-state index in [0.29, 0.717) is 17.7 Å². The van der Waals surface area contributed by atoms with E-state index in [0.717, 1.165) is 0 Å². The standard InChI is InChI=1S/C29H46N6O8S/c1-5-16(2)24(35-26(39)19(11-12-22(30)37)32-27(40)23(31)17(3)36)28(41)33-20(13-14-44-4)25(38)34-21(29(42)43)15-18-9-7-6-8-10-18/h6-10,16-17,19-21,23-24,36H,5,11-15,31H2,1-4H3,(H2,30,37)(H,32,40)(H,33,41)(H,34,38)(H,35,39)(H,42,43)/t16-,17+,19-,20-,21-,23-,24-/m0/s1. The summed E-state index contributed by atoms with van der Waals surface area (Å²) in [5.74, 6) is -4.93. The van der Waals surface area contributed by atoms with Crippen molar-refractivity contribution in [2.24, 2.45) is 17.4 Å². The minimum absolute atomic E-state index is 0.0355. The van der Waals surface area contributed by atoms with Gasteiger partial charge in [0.25, 0.3) is 0 Å². The number of aliphatic hydroxyl groups is 1. The van der Waals surface area contributed by atoms with Gasteiger partial charge in [-0.3, -0.25) is 24.0 Å². The third-order valence-corrected chi connectivity index (χ3v) is 7.71. The van der Waals surface area contributed by atoms with Crippen molar-refractivity contribution in [3.8, 4) is 0 Å². The summed E-state index contributed by atoms with van der Waals surface area (Å²) in [6.07, 6.45) is 0.825. The third-order valence-electron chi connectivity index (χ3n) is 7.07. The molecule has 0 aliphatic rings. The fourth-order valence-corrected chi connectivity index (χ4v) is 4.56. The molecule has 0 aliphatic carbocycles. The minimum atomic E-state index is -1.35. The summed E-state index contributed by atoms with van der Waals surface area (Å²) in [6, 6.07) is 2.63. The number of thioether (sulfide) groups is 1. The molecule has 10 N–H and O–H groups in total. The number of nitrogens with two attached hydrogens (primary N) is 2. The topological polar surface area (TPSA) is 243 Å². The largest absolute Gasteiger partial charge is 0.480 e. The maximum atomic E-state index is 13.5. The van der Waals surface area contributed by atoms with Crippen LogP contribution in [-0.4, -0.2) is 94.0 Å². The Hall–Kier alpha value is -3.69. The van der Waals surface area contributed by atoms with Crippen LogP contribution >= 0.6 is 11.8 Å². The van der Waals surface area contributed by atoms with Gasteiger partial charge in [-0.2, -0.15) is 11.8 Å². The van der Waals surface area contributed by atoms with E-state index in [1.807, 2.05) is 6.26 Å². The first-order valence-electron chi connectivity index (χ1n) is 14.4. The highest BCUT2D eigenvalue weighted by molar-refractivity contribution is 7.98. The Labute approximate surface area is 261 Å². The maximum absolute atomic E-state index is 13.5. The van der Waals surface area contributed by atoms with Gasteiger partial charge in [-0.05, 0) is 43.3 Å². The first-order chi connectivity index (χ1) is 20.7. The zero-order chi connectivity index (χ0) is 33.4. The van der Waals surface area contributed by atoms with E-state index in [-0.39, 0.29) is 25.7 Å². The monoisotopic (exact) mass is 638 g/mol. The SMILES string of the molecule is CC[C@H](C)[C@H](NC(=O)[C@H](CCC(N)=O)NC(=O)[C@@H](N)[C@@H](C)O)C(=O)N[C@@H](CCSC)C(=O)N[C@@H](Cc1ccccc1)C(=O)O. The average molecular weight is 639 g/mol. The van der Waals surface area contributed by atoms with Crippen molar-refractivity contribution in [3.63, 3.8) is 0 Å². The molecule has 5 amide bonds. The number of carbonyl (C=O) groups is 6. The molecular weight excluding hydrogens is 592 g/mol. The smallest absolute Gasteiger partial charge is 0.326 e. The number of carboxylic acid groups (broad SMARTS) is 1. The predicted octanol–water partition coefficient (Wildman–Crippen LogP) is -0.974. The molecule has 0 unspecified atom stereocenters. The molecule has 0 aliphatic heterocycles. The van der Waals surface area contributed by atoms with Crippen molar-refractivity contribution in [2.45, 2.75) is 89.2 Å². The van der Waals surface area contributed by atoms with Crippen LogP contribution in [-0.2, 0) is 35.2 Å². The highest BCUT2D eigenvalue weighted by Gasteiger charge is 2.34. The van der Waals surface area contributed by atoms with Gasteiger partial charge in [0, 0.05) is 12.8 Å². The molecule has 0 heterocycles. The number of hydrogen-bond donors (Lipinski definition) is 8. The van der Waals surface area contributed by atoms with Gasteiger partial charge in [0.2, 0.25) is 29.5 Å². The van der Waals surface area contributed by atoms with Crippen molar-refractivity contribution in [3.05, 3.63) is 35.9 Å². The van der Waals surface area contributed by atoms with Crippen molar-refractivity contribution in [1.29, 1.82) is 0 Å². The Morgan fingerprint density at radius 3 is 1.91 bits per heavy atom. The Kier molecular flexibility index (Phi) is 17.0. The number of aliphatic carboxylic acids is 1. The van der Waals surface area contributed by atoms with Gasteiger partial charge in [-0.15, -0.1) is 0 Å². The second-order valence-corrected chi connectivity index (χ2v) is 11.6. The normalized spacial score (nSPS) is 15.8. The molecule has 14 nitrogen and oxygen atoms in total. The summed E-state index contributed by atoms with van der Waals surface area (Å²) < 4.78 is 0. The highest BCUT2D eigenvalue weighted by Crippen LogP contribution is 2.12. The molecule has 15 heteroatoms. The van der Waals surface area contributed by atoms with Crippen LogP contribution < -0.4 is 32.7 Å². The van der Waals surface area contributed by atoms with Gasteiger partial charge in [-0.25, -0.2) is 4.79 Å². The van der Waals surface area contributed by atoms with E-state index in [4.69, 9.17) is 11.5 Å². The summed E-state index contributed by atoms with van der Waals surface area (Å²) in [7, 11) is 0. The van der Waals surface area contributed by atoms with E-state index in [1.165, 1.54) is 18.7 Å². The number of carbonyl (C=O) groups excluding carboxylic acids is 5. The predicted molar refractivity (Wildman–Crippen MR) is 166 cm³/mol. The second kappa shape index (κ2) is 19.6. The summed E-state index contributed by atoms with van der Waals surface area (Å²) in [5.41, 5.74) is 11.6. The highest BCUT2D eigenvalue weighted by atomic mass is 32.2. The van der Waals surface area contributed by atoms with Gasteiger partial charge in [0.15, 0.2) is 0 Å². The van der Waals surface area contributed by atoms with Crippen molar-refractivity contribution in [1.82, 2.24) is 21.3 Å². The Bertz CT molecular complexity index is 1120. The Morgan fingerprint density at radius 2 is 1.39 bits per heavy atom. The molecule has 7 atom stereocenters. The molecule has 0 fully saturated rings. The van der Waals surface area contributed by atoms with Crippen LogP contribution in [0.15, 0.2) is 30.3 Å². The summed E-state index contributed by atoms with van der Waals surface area (Å²) in [6.45, 7) is 4.81. The summed E-state index contributed by atoms with van der Waals surface area (Å²) in [5, 5.41) is 29.6. The lowest BCUT2D eigenvalue weighted by Crippen LogP contribution is -2.60. The van der Waals surface area contributed by atoms with Gasteiger partial charge in [-0.1, -0.05) is 50.6 Å². The summed E-state index contributed by atoms with van der Waals surface area (Å²) in [4.78, 5) is 75.9. The molecule has 0 saturated heterocycles. The lowest BCUT2D eigenvalue weighted by molar-refractivity contribution is -0.142. The molecule has 1 rings (SSSR count). The number of carboxylic acids is 1. The molecular formula is C29H46N6O8S. The number of nitrogens with one attached hydrogen (secondary N) is 4. The number of aliphatic hydroxyl groups excluding tert-OH is 1. The van der Waals surface area contributed by atoms with Crippen LogP contribution in [0.25, 0.3) is 0 Å². The number of rotatable bonds is 20. The lowest BCUT2D eigenvalue weighted by Gasteiger charge is -2.29. The lowest BCUT2D eigenvalue weighted by atomic mass is 9.96. The fourth-order valence-electron chi connectivity index (χ4n) is 4.09. The van der Waals surface area contributed by atoms with Crippen LogP contribution in [0.4, 0.5) is 0 Å². The zero-order valence-corrected chi connectivity index (χ0v) is 26.4. The molecule has 0 saturated carbocycles. The number of primary amides is 1. The average Bonchev–Trinajstić information content (AvgIpc) is 2.98. The molecule has 44 heavy (non-hydrogen) atoms. The van der Waals surface area contributed by atoms with E-state index in [1.54, 1.807) is 44.2 Å². The van der Waals surface area contributed by atoms with Gasteiger partial charge in [0.1, 0.15) is 30.2 Å². The first-order valence-corrected chi connectivity index (χ1v) is 15.8. The van der Waals surface area contributed by atoms with E-state index in [9.17, 15) is 39.0 Å². The van der Waals surface area contributed by atoms with Crippen LogP contribution in [0.5, 0.6) is 0 Å². The molecule has 0 aromatic heterocycles. The van der Waals surface area contributed by atoms with Crippen LogP contribution in [0, 0.1) is 5.92 Å². The van der Waals surface area contributed by atoms with Crippen molar-refractivity contribution < 1.29 is 39.0 Å². The minimum Gasteiger partial charge on any atom is -0.480 e. The van der Waals surface area contributed by atoms with Gasteiger partial charge >= 0.3 is 5.97 Å². The Morgan fingerprint density at radius 1 is 0.841 bits per heavy atom. The van der Waals surface area contributed by atoms with Gasteiger partial charge in [0.05, 0.1) is 6.10 Å². The number of amides is 5. The molecule has 246 valence electrons. The van der Waals surface area contributed by atoms with Crippen LogP contribution in [0.2, 0.25) is 0 Å². The van der Waals surface area contributed by atoms with E-state index in [2.05, 4.69) is 21.3 Å². The fraction of sp³-hybridized carbons (Fsp3) is 0.586. The van der Waals surface area contributed by atoms with Crippen molar-refractivity contribution in [2.75, 3.05) is 12.0 Å². The van der Waals surface area contributed by atoms with E-state index < -0.39 is 77.7 Å². The molecule has 1 aromatic rings. The number of benzene rings is 1. The maximum Gasteiger partial charge on any atom is 0.326 e. The summed E-state index contributed by atoms with van der Waals surface area (Å²) >= 11 is 1.43. The molecule has 0 bridgehead atoms. The van der Waals surface area contributed by atoms with Gasteiger partial charge < -0.3 is 42.9 Å². The van der Waals surface area contributed by atoms with Crippen LogP contribution in [0.1, 0.15) is 52.0 Å². The molecule has 0 radical (unpaired) electrons. The van der Waals surface area contributed by atoms with E-state index >= 15 is 0 Å². The zero-order valence-electron chi connectivity index (χ0n) is 25.6. The second-order valence-electron chi connectivity index (χ2n) is 10.6. The van der Waals surface area contributed by atoms with Crippen LogP contribution in [0.3, 0.4) is 0 Å². The first kappa shape index (κ1) is 38.3. The molecule has 1 aromatic carbocycles.